The van der Waals surface area contributed by atoms with Crippen LogP contribution in [0.1, 0.15) is 6.42 Å². The Kier molecular flexibility index (Phi) is 4.53. The highest BCUT2D eigenvalue weighted by Gasteiger charge is 2.18. The molecule has 0 amide bonds. The van der Waals surface area contributed by atoms with Crippen LogP contribution >= 0.6 is 0 Å². The van der Waals surface area contributed by atoms with Crippen LogP contribution in [0.4, 0.5) is 0 Å². The lowest BCUT2D eigenvalue weighted by atomic mass is 10.2. The number of rotatable bonds is 4. The van der Waals surface area contributed by atoms with Crippen LogP contribution in [0.25, 0.3) is 0 Å². The molecule has 1 aliphatic heterocycles. The Labute approximate surface area is 72.7 Å². The van der Waals surface area contributed by atoms with Gasteiger partial charge in [0, 0.05) is 26.2 Å². The van der Waals surface area contributed by atoms with Gasteiger partial charge in [0.2, 0.25) is 0 Å². The highest BCUT2D eigenvalue weighted by molar-refractivity contribution is 4.70. The summed E-state index contributed by atoms with van der Waals surface area (Å²) in [5.41, 5.74) is 0. The molecule has 0 aromatic carbocycles. The number of morpholine rings is 1. The van der Waals surface area contributed by atoms with Crippen molar-refractivity contribution in [2.75, 3.05) is 39.5 Å². The average molecular weight is 175 g/mol. The van der Waals surface area contributed by atoms with Crippen molar-refractivity contribution < 1.29 is 14.9 Å². The maximum atomic E-state index is 8.83. The molecule has 4 nitrogen and oxygen atoms in total. The topological polar surface area (TPSA) is 52.9 Å². The molecule has 1 saturated heterocycles. The fraction of sp³-hybridized carbons (Fsp3) is 1.00. The number of nitrogens with zero attached hydrogens (tertiary/aromatic N) is 1. The second kappa shape index (κ2) is 5.48. The van der Waals surface area contributed by atoms with Crippen LogP contribution in [-0.2, 0) is 4.74 Å². The summed E-state index contributed by atoms with van der Waals surface area (Å²) in [6, 6.07) is 0. The van der Waals surface area contributed by atoms with Crippen LogP contribution in [-0.4, -0.2) is 60.7 Å². The van der Waals surface area contributed by atoms with Gasteiger partial charge in [-0.05, 0) is 6.42 Å². The van der Waals surface area contributed by atoms with E-state index < -0.39 is 0 Å². The lowest BCUT2D eigenvalue weighted by Crippen LogP contribution is -2.44. The van der Waals surface area contributed by atoms with Crippen molar-refractivity contribution in [2.24, 2.45) is 0 Å². The van der Waals surface area contributed by atoms with Gasteiger partial charge in [0.25, 0.3) is 0 Å². The Balaban J connectivity index is 2.16. The molecule has 1 aliphatic rings. The molecule has 0 bridgehead atoms. The monoisotopic (exact) mass is 175 g/mol. The Bertz CT molecular complexity index is 121. The lowest BCUT2D eigenvalue weighted by Gasteiger charge is -2.31. The van der Waals surface area contributed by atoms with E-state index >= 15 is 0 Å². The van der Waals surface area contributed by atoms with Crippen molar-refractivity contribution in [1.82, 2.24) is 4.90 Å². The fourth-order valence-corrected chi connectivity index (χ4v) is 1.39. The second-order valence-electron chi connectivity index (χ2n) is 3.05. The molecule has 1 rings (SSSR count). The van der Waals surface area contributed by atoms with Gasteiger partial charge in [0.15, 0.2) is 0 Å². The molecule has 0 spiro atoms. The van der Waals surface area contributed by atoms with Gasteiger partial charge in [-0.2, -0.15) is 0 Å². The minimum Gasteiger partial charge on any atom is -0.396 e. The minimum atomic E-state index is -0.0301. The van der Waals surface area contributed by atoms with Crippen molar-refractivity contribution >= 4 is 0 Å². The standard InChI is InChI=1S/C8H17NO3/c10-4-1-2-9-3-5-12-8(6-9)7-11/h8,10-11H,1-7H2/t8-/m1/s1. The zero-order valence-electron chi connectivity index (χ0n) is 7.28. The van der Waals surface area contributed by atoms with Crippen molar-refractivity contribution in [3.63, 3.8) is 0 Å². The SMILES string of the molecule is OCCCN1CCO[C@@H](CO)C1. The summed E-state index contributed by atoms with van der Waals surface area (Å²) in [5, 5.41) is 17.4. The van der Waals surface area contributed by atoms with E-state index in [9.17, 15) is 0 Å². The first kappa shape index (κ1) is 9.92. The van der Waals surface area contributed by atoms with Crippen molar-refractivity contribution in [1.29, 1.82) is 0 Å². The predicted octanol–water partition coefficient (Wildman–Crippen LogP) is -0.938. The summed E-state index contributed by atoms with van der Waals surface area (Å²) in [4.78, 5) is 2.21. The van der Waals surface area contributed by atoms with Crippen LogP contribution in [0.3, 0.4) is 0 Å². The molecule has 2 N–H and O–H groups in total. The first-order valence-corrected chi connectivity index (χ1v) is 4.42. The van der Waals surface area contributed by atoms with Crippen LogP contribution in [0.2, 0.25) is 0 Å². The van der Waals surface area contributed by atoms with Gasteiger partial charge in [-0.1, -0.05) is 0 Å². The molecule has 12 heavy (non-hydrogen) atoms. The van der Waals surface area contributed by atoms with Gasteiger partial charge >= 0.3 is 0 Å². The maximum absolute atomic E-state index is 8.83. The summed E-state index contributed by atoms with van der Waals surface area (Å²) in [6.45, 7) is 3.62. The lowest BCUT2D eigenvalue weighted by molar-refractivity contribution is -0.0535. The third kappa shape index (κ3) is 3.06. The molecule has 1 heterocycles. The van der Waals surface area contributed by atoms with Gasteiger partial charge < -0.3 is 14.9 Å². The third-order valence-corrected chi connectivity index (χ3v) is 2.06. The van der Waals surface area contributed by atoms with E-state index in [2.05, 4.69) is 4.90 Å². The second-order valence-corrected chi connectivity index (χ2v) is 3.05. The Morgan fingerprint density at radius 1 is 1.42 bits per heavy atom. The summed E-state index contributed by atoms with van der Waals surface area (Å²) in [5.74, 6) is 0. The molecule has 1 atom stereocenters. The largest absolute Gasteiger partial charge is 0.396 e. The normalized spacial score (nSPS) is 26.0. The molecule has 4 heteroatoms. The number of hydrogen-bond acceptors (Lipinski definition) is 4. The number of aliphatic hydroxyl groups is 2. The molecule has 0 aromatic rings. The van der Waals surface area contributed by atoms with E-state index in [0.717, 1.165) is 26.1 Å². The molecule has 0 aromatic heterocycles. The number of ether oxygens (including phenoxy) is 1. The first-order valence-electron chi connectivity index (χ1n) is 4.42. The molecule has 1 fully saturated rings. The zero-order chi connectivity index (χ0) is 8.81. The molecular weight excluding hydrogens is 158 g/mol. The van der Waals surface area contributed by atoms with Crippen LogP contribution in [0.5, 0.6) is 0 Å². The van der Waals surface area contributed by atoms with Crippen molar-refractivity contribution in [3.05, 3.63) is 0 Å². The van der Waals surface area contributed by atoms with Gasteiger partial charge in [-0.15, -0.1) is 0 Å². The molecule has 0 saturated carbocycles. The number of aliphatic hydroxyl groups excluding tert-OH is 2. The summed E-state index contributed by atoms with van der Waals surface area (Å²) >= 11 is 0. The summed E-state index contributed by atoms with van der Waals surface area (Å²) in [6.07, 6.45) is 0.774. The minimum absolute atomic E-state index is 0.0301. The van der Waals surface area contributed by atoms with Crippen LogP contribution in [0.15, 0.2) is 0 Å². The van der Waals surface area contributed by atoms with Gasteiger partial charge in [0.05, 0.1) is 19.3 Å². The van der Waals surface area contributed by atoms with E-state index in [-0.39, 0.29) is 19.3 Å². The third-order valence-electron chi connectivity index (χ3n) is 2.06. The highest BCUT2D eigenvalue weighted by atomic mass is 16.5. The highest BCUT2D eigenvalue weighted by Crippen LogP contribution is 2.04. The quantitative estimate of drug-likeness (QED) is 0.579. The van der Waals surface area contributed by atoms with E-state index in [0.29, 0.717) is 6.61 Å². The Morgan fingerprint density at radius 2 is 2.25 bits per heavy atom. The predicted molar refractivity (Wildman–Crippen MR) is 45.0 cm³/mol. The van der Waals surface area contributed by atoms with Gasteiger partial charge in [-0.25, -0.2) is 0 Å². The number of hydrogen-bond donors (Lipinski definition) is 2. The average Bonchev–Trinajstić information content (AvgIpc) is 2.15. The zero-order valence-corrected chi connectivity index (χ0v) is 7.28. The van der Waals surface area contributed by atoms with E-state index in [1.54, 1.807) is 0 Å². The molecule has 72 valence electrons. The molecule has 0 aliphatic carbocycles. The molecular formula is C8H17NO3. The maximum Gasteiger partial charge on any atom is 0.0932 e. The van der Waals surface area contributed by atoms with Gasteiger partial charge in [0.1, 0.15) is 0 Å². The fourth-order valence-electron chi connectivity index (χ4n) is 1.39. The van der Waals surface area contributed by atoms with Gasteiger partial charge in [-0.3, -0.25) is 4.90 Å². The van der Waals surface area contributed by atoms with E-state index in [1.165, 1.54) is 0 Å². The summed E-state index contributed by atoms with van der Waals surface area (Å²) < 4.78 is 5.28. The Morgan fingerprint density at radius 3 is 2.92 bits per heavy atom. The Hall–Kier alpha value is -0.160. The molecule has 0 radical (unpaired) electrons. The smallest absolute Gasteiger partial charge is 0.0932 e. The van der Waals surface area contributed by atoms with E-state index in [1.807, 2.05) is 0 Å². The van der Waals surface area contributed by atoms with Crippen LogP contribution < -0.4 is 0 Å². The first-order chi connectivity index (χ1) is 5.86. The van der Waals surface area contributed by atoms with Crippen molar-refractivity contribution in [2.45, 2.75) is 12.5 Å². The van der Waals surface area contributed by atoms with Crippen molar-refractivity contribution in [3.8, 4) is 0 Å². The summed E-state index contributed by atoms with van der Waals surface area (Å²) in [7, 11) is 0. The van der Waals surface area contributed by atoms with E-state index in [4.69, 9.17) is 14.9 Å². The molecule has 0 unspecified atom stereocenters. The van der Waals surface area contributed by atoms with Crippen LogP contribution in [0, 0.1) is 0 Å².